The maximum atomic E-state index is 12.7. The van der Waals surface area contributed by atoms with Crippen molar-refractivity contribution in [1.82, 2.24) is 14.5 Å². The monoisotopic (exact) mass is 334 g/mol. The van der Waals surface area contributed by atoms with Gasteiger partial charge in [-0.2, -0.15) is 0 Å². The fraction of sp³-hybridized carbons (Fsp3) is 0.467. The minimum absolute atomic E-state index is 0.0687. The minimum Gasteiger partial charge on any atom is -0.335 e. The van der Waals surface area contributed by atoms with Crippen molar-refractivity contribution in [3.05, 3.63) is 28.7 Å². The number of thiocarbonyl (C=S) groups is 1. The summed E-state index contributed by atoms with van der Waals surface area (Å²) < 4.78 is 2.08. The quantitative estimate of drug-likeness (QED) is 0.795. The van der Waals surface area contributed by atoms with Crippen molar-refractivity contribution in [2.75, 3.05) is 6.54 Å². The van der Waals surface area contributed by atoms with Crippen molar-refractivity contribution >= 4 is 40.0 Å². The second-order valence-electron chi connectivity index (χ2n) is 5.58. The highest BCUT2D eigenvalue weighted by Crippen LogP contribution is 2.40. The number of carbonyl (C=O) groups is 1. The van der Waals surface area contributed by atoms with Crippen molar-refractivity contribution in [3.63, 3.8) is 0 Å². The van der Waals surface area contributed by atoms with Crippen LogP contribution in [0.4, 0.5) is 0 Å². The molecule has 0 aliphatic carbocycles. The normalized spacial score (nSPS) is 21.5. The molecule has 0 spiro atoms. The highest BCUT2D eigenvalue weighted by molar-refractivity contribution is 8.17. The Hall–Kier alpha value is -1.47. The number of amides is 1. The number of fused-ring (bicyclic) bond motifs is 1. The number of allylic oxidation sites excluding steroid dienone is 1. The molecule has 7 heteroatoms. The molecular weight excluding hydrogens is 316 g/mol. The third kappa shape index (κ3) is 2.63. The fourth-order valence-electron chi connectivity index (χ4n) is 2.69. The van der Waals surface area contributed by atoms with E-state index in [0.29, 0.717) is 11.7 Å². The molecule has 116 valence electrons. The van der Waals surface area contributed by atoms with Gasteiger partial charge in [0.25, 0.3) is 0 Å². The van der Waals surface area contributed by atoms with Gasteiger partial charge < -0.3 is 4.57 Å². The summed E-state index contributed by atoms with van der Waals surface area (Å²) in [5, 5.41) is 1.24. The number of imidazole rings is 1. The Labute approximate surface area is 139 Å². The number of aliphatic imine (C=N–C) groups is 1. The van der Waals surface area contributed by atoms with E-state index in [1.54, 1.807) is 16.7 Å². The van der Waals surface area contributed by atoms with Gasteiger partial charge in [-0.15, -0.1) is 0 Å². The van der Waals surface area contributed by atoms with Crippen LogP contribution >= 0.6 is 24.0 Å². The summed E-state index contributed by atoms with van der Waals surface area (Å²) in [6.45, 7) is 7.48. The van der Waals surface area contributed by atoms with E-state index in [9.17, 15) is 4.79 Å². The zero-order valence-corrected chi connectivity index (χ0v) is 14.5. The van der Waals surface area contributed by atoms with Gasteiger partial charge >= 0.3 is 0 Å². The van der Waals surface area contributed by atoms with Gasteiger partial charge in [-0.05, 0) is 49.9 Å². The Kier molecular flexibility index (Phi) is 4.18. The second kappa shape index (κ2) is 5.96. The molecule has 3 heterocycles. The Morgan fingerprint density at radius 1 is 1.32 bits per heavy atom. The third-order valence-corrected chi connectivity index (χ3v) is 5.62. The van der Waals surface area contributed by atoms with E-state index in [-0.39, 0.29) is 11.8 Å². The first-order valence-electron chi connectivity index (χ1n) is 7.25. The number of rotatable bonds is 4. The summed E-state index contributed by atoms with van der Waals surface area (Å²) in [6, 6.07) is 0. The zero-order chi connectivity index (χ0) is 15.9. The summed E-state index contributed by atoms with van der Waals surface area (Å²) in [5.74, 6) is -0.147. The molecule has 1 aromatic rings. The van der Waals surface area contributed by atoms with Gasteiger partial charge in [0, 0.05) is 25.0 Å². The van der Waals surface area contributed by atoms with E-state index < -0.39 is 0 Å². The molecule has 2 aliphatic rings. The van der Waals surface area contributed by atoms with E-state index in [0.717, 1.165) is 34.2 Å². The van der Waals surface area contributed by atoms with Crippen LogP contribution in [0.1, 0.15) is 26.0 Å². The lowest BCUT2D eigenvalue weighted by molar-refractivity contribution is -0.128. The first-order valence-corrected chi connectivity index (χ1v) is 8.47. The number of aromatic nitrogens is 2. The van der Waals surface area contributed by atoms with Crippen LogP contribution in [0.3, 0.4) is 0 Å². The van der Waals surface area contributed by atoms with Crippen molar-refractivity contribution in [1.29, 1.82) is 0 Å². The summed E-state index contributed by atoms with van der Waals surface area (Å²) in [6.07, 6.45) is 4.47. The zero-order valence-electron chi connectivity index (χ0n) is 12.9. The maximum Gasteiger partial charge on any atom is 0.242 e. The van der Waals surface area contributed by atoms with Crippen LogP contribution in [0, 0.1) is 12.8 Å². The van der Waals surface area contributed by atoms with E-state index in [4.69, 9.17) is 12.2 Å². The average molecular weight is 334 g/mol. The Morgan fingerprint density at radius 3 is 2.77 bits per heavy atom. The van der Waals surface area contributed by atoms with Crippen LogP contribution in [0.15, 0.2) is 28.0 Å². The molecule has 1 atom stereocenters. The second-order valence-corrected chi connectivity index (χ2v) is 7.18. The van der Waals surface area contributed by atoms with Gasteiger partial charge in [-0.25, -0.2) is 9.98 Å². The van der Waals surface area contributed by atoms with Crippen LogP contribution < -0.4 is 0 Å². The van der Waals surface area contributed by atoms with Crippen LogP contribution in [0.5, 0.6) is 0 Å². The lowest BCUT2D eigenvalue weighted by Crippen LogP contribution is -2.45. The molecule has 0 bridgehead atoms. The van der Waals surface area contributed by atoms with Crippen LogP contribution in [0.2, 0.25) is 0 Å². The van der Waals surface area contributed by atoms with Gasteiger partial charge in [-0.1, -0.05) is 11.8 Å². The summed E-state index contributed by atoms with van der Waals surface area (Å²) in [5.41, 5.74) is 2.22. The van der Waals surface area contributed by atoms with Gasteiger partial charge in [0.1, 0.15) is 5.92 Å². The predicted octanol–water partition coefficient (Wildman–Crippen LogP) is 2.76. The third-order valence-electron chi connectivity index (χ3n) is 4.14. The van der Waals surface area contributed by atoms with Crippen molar-refractivity contribution in [2.45, 2.75) is 33.7 Å². The molecule has 5 nitrogen and oxygen atoms in total. The molecule has 2 aliphatic heterocycles. The molecule has 3 rings (SSSR count). The van der Waals surface area contributed by atoms with Crippen LogP contribution in [-0.4, -0.2) is 37.1 Å². The smallest absolute Gasteiger partial charge is 0.242 e. The first-order chi connectivity index (χ1) is 10.5. The molecule has 0 aromatic carbocycles. The molecular formula is C15H18N4OS2. The molecule has 1 unspecified atom stereocenters. The van der Waals surface area contributed by atoms with Crippen molar-refractivity contribution in [2.24, 2.45) is 10.9 Å². The molecule has 22 heavy (non-hydrogen) atoms. The molecule has 0 N–H and O–H groups in total. The molecule has 0 fully saturated rings. The SMILES string of the molecule is CC1=C(C)C2C(=O)N(CCCn3cncc3C)C(=S)N=C2S1. The van der Waals surface area contributed by atoms with Crippen molar-refractivity contribution in [3.8, 4) is 0 Å². The Morgan fingerprint density at radius 2 is 2.09 bits per heavy atom. The van der Waals surface area contributed by atoms with E-state index in [1.807, 2.05) is 33.3 Å². The van der Waals surface area contributed by atoms with Crippen LogP contribution in [-0.2, 0) is 11.3 Å². The Balaban J connectivity index is 1.69. The highest BCUT2D eigenvalue weighted by atomic mass is 32.2. The van der Waals surface area contributed by atoms with Gasteiger partial charge in [0.2, 0.25) is 11.0 Å². The predicted molar refractivity (Wildman–Crippen MR) is 92.8 cm³/mol. The van der Waals surface area contributed by atoms with Gasteiger partial charge in [0.15, 0.2) is 0 Å². The molecule has 0 radical (unpaired) electrons. The number of aryl methyl sites for hydroxylation is 2. The first kappa shape index (κ1) is 15.4. The summed E-state index contributed by atoms with van der Waals surface area (Å²) >= 11 is 6.88. The highest BCUT2D eigenvalue weighted by Gasteiger charge is 2.41. The van der Waals surface area contributed by atoms with Crippen LogP contribution in [0.25, 0.3) is 0 Å². The lowest BCUT2D eigenvalue weighted by atomic mass is 9.99. The Bertz CT molecular complexity index is 704. The maximum absolute atomic E-state index is 12.7. The van der Waals surface area contributed by atoms with E-state index in [1.165, 1.54) is 0 Å². The number of hydrogen-bond acceptors (Lipinski definition) is 4. The standard InChI is InChI=1S/C15H18N4OS2/c1-9-7-16-8-18(9)5-4-6-19-14(20)12-10(2)11(3)22-13(12)17-15(19)21/h7-8,12H,4-6H2,1-3H3. The molecule has 1 aromatic heterocycles. The van der Waals surface area contributed by atoms with E-state index >= 15 is 0 Å². The van der Waals surface area contributed by atoms with Crippen molar-refractivity contribution < 1.29 is 4.79 Å². The largest absolute Gasteiger partial charge is 0.335 e. The van der Waals surface area contributed by atoms with E-state index in [2.05, 4.69) is 14.5 Å². The minimum atomic E-state index is -0.216. The fourth-order valence-corrected chi connectivity index (χ4v) is 4.15. The molecule has 0 saturated carbocycles. The number of thioether (sulfide) groups is 1. The lowest BCUT2D eigenvalue weighted by Gasteiger charge is -2.29. The average Bonchev–Trinajstić information content (AvgIpc) is 2.98. The topological polar surface area (TPSA) is 50.5 Å². The molecule has 1 amide bonds. The van der Waals surface area contributed by atoms with Gasteiger partial charge in [-0.3, -0.25) is 9.69 Å². The number of nitrogens with zero attached hydrogens (tertiary/aromatic N) is 4. The molecule has 0 saturated heterocycles. The van der Waals surface area contributed by atoms with Gasteiger partial charge in [0.05, 0.1) is 11.4 Å². The number of carbonyl (C=O) groups excluding carboxylic acids is 1. The summed E-state index contributed by atoms with van der Waals surface area (Å²) in [4.78, 5) is 24.1. The summed E-state index contributed by atoms with van der Waals surface area (Å²) in [7, 11) is 0. The number of hydrogen-bond donors (Lipinski definition) is 0.